The molecule has 1 rings (SSSR count). The summed E-state index contributed by atoms with van der Waals surface area (Å²) in [5.74, 6) is 1.63. The molecule has 2 N–H and O–H groups in total. The summed E-state index contributed by atoms with van der Waals surface area (Å²) in [4.78, 5) is 10.7. The lowest BCUT2D eigenvalue weighted by Gasteiger charge is -2.25. The third-order valence-corrected chi connectivity index (χ3v) is 2.60. The first kappa shape index (κ1) is 12.7. The largest absolute Gasteiger partial charge is 0.383 e. The Hall–Kier alpha value is -1.32. The highest BCUT2D eigenvalue weighted by Gasteiger charge is 2.13. The minimum Gasteiger partial charge on any atom is -0.383 e. The van der Waals surface area contributed by atoms with Crippen molar-refractivity contribution in [2.45, 2.75) is 40.0 Å². The third-order valence-electron chi connectivity index (χ3n) is 2.60. The molecule has 90 valence electrons. The predicted octanol–water partition coefficient (Wildman–Crippen LogP) is 2.25. The van der Waals surface area contributed by atoms with Gasteiger partial charge in [-0.2, -0.15) is 0 Å². The molecule has 16 heavy (non-hydrogen) atoms. The van der Waals surface area contributed by atoms with E-state index in [0.29, 0.717) is 5.82 Å². The maximum absolute atomic E-state index is 5.88. The van der Waals surface area contributed by atoms with E-state index >= 15 is 0 Å². The second kappa shape index (κ2) is 6.30. The zero-order valence-electron chi connectivity index (χ0n) is 10.5. The van der Waals surface area contributed by atoms with Crippen LogP contribution in [0.1, 0.15) is 39.2 Å². The van der Waals surface area contributed by atoms with Crippen LogP contribution in [-0.2, 0) is 6.42 Å². The van der Waals surface area contributed by atoms with Crippen molar-refractivity contribution in [2.75, 3.05) is 23.7 Å². The van der Waals surface area contributed by atoms with Crippen molar-refractivity contribution < 1.29 is 0 Å². The van der Waals surface area contributed by atoms with Gasteiger partial charge in [-0.25, -0.2) is 9.97 Å². The summed E-state index contributed by atoms with van der Waals surface area (Å²) in [5.41, 5.74) is 6.96. The summed E-state index contributed by atoms with van der Waals surface area (Å²) in [6, 6.07) is 0. The Bertz CT molecular complexity index is 319. The molecule has 4 nitrogen and oxygen atoms in total. The lowest BCUT2D eigenvalue weighted by atomic mass is 10.2. The number of nitrogens with two attached hydrogens (primary N) is 1. The molecular weight excluding hydrogens is 200 g/mol. The molecule has 0 saturated heterocycles. The Morgan fingerprint density at radius 3 is 2.25 bits per heavy atom. The fourth-order valence-electron chi connectivity index (χ4n) is 1.89. The molecule has 0 amide bonds. The molecule has 1 heterocycles. The van der Waals surface area contributed by atoms with Crippen LogP contribution in [0.2, 0.25) is 0 Å². The van der Waals surface area contributed by atoms with Crippen LogP contribution in [-0.4, -0.2) is 23.1 Å². The van der Waals surface area contributed by atoms with Crippen LogP contribution in [0.25, 0.3) is 0 Å². The standard InChI is InChI=1S/C12H22N4/c1-4-7-16(8-5-2)12-10(6-3)11(13)14-9-15-12/h9H,4-8H2,1-3H3,(H2,13,14,15). The summed E-state index contributed by atoms with van der Waals surface area (Å²) in [5, 5.41) is 0. The van der Waals surface area contributed by atoms with E-state index in [4.69, 9.17) is 5.73 Å². The SMILES string of the molecule is CCCN(CCC)c1ncnc(N)c1CC. The van der Waals surface area contributed by atoms with Crippen LogP contribution < -0.4 is 10.6 Å². The molecule has 4 heteroatoms. The zero-order chi connectivity index (χ0) is 12.0. The van der Waals surface area contributed by atoms with Gasteiger partial charge < -0.3 is 10.6 Å². The first-order valence-corrected chi connectivity index (χ1v) is 6.08. The Balaban J connectivity index is 3.02. The van der Waals surface area contributed by atoms with Crippen molar-refractivity contribution in [3.63, 3.8) is 0 Å². The number of nitrogen functional groups attached to an aromatic ring is 1. The van der Waals surface area contributed by atoms with Gasteiger partial charge in [-0.3, -0.25) is 0 Å². The molecule has 0 unspecified atom stereocenters. The summed E-state index contributed by atoms with van der Waals surface area (Å²) in [7, 11) is 0. The number of aromatic nitrogens is 2. The second-order valence-corrected chi connectivity index (χ2v) is 3.90. The highest BCUT2D eigenvalue weighted by molar-refractivity contribution is 5.56. The van der Waals surface area contributed by atoms with Crippen LogP contribution in [0.5, 0.6) is 0 Å². The molecule has 0 aliphatic rings. The molecule has 0 aliphatic carbocycles. The van der Waals surface area contributed by atoms with Gasteiger partial charge >= 0.3 is 0 Å². The summed E-state index contributed by atoms with van der Waals surface area (Å²) < 4.78 is 0. The van der Waals surface area contributed by atoms with E-state index < -0.39 is 0 Å². The topological polar surface area (TPSA) is 55.0 Å². The van der Waals surface area contributed by atoms with Crippen molar-refractivity contribution in [1.29, 1.82) is 0 Å². The number of rotatable bonds is 6. The first-order valence-electron chi connectivity index (χ1n) is 6.08. The molecule has 0 atom stereocenters. The summed E-state index contributed by atoms with van der Waals surface area (Å²) >= 11 is 0. The van der Waals surface area contributed by atoms with Crippen molar-refractivity contribution in [3.05, 3.63) is 11.9 Å². The van der Waals surface area contributed by atoms with Crippen LogP contribution in [0, 0.1) is 0 Å². The van der Waals surface area contributed by atoms with Crippen LogP contribution in [0.3, 0.4) is 0 Å². The highest BCUT2D eigenvalue weighted by Crippen LogP contribution is 2.22. The van der Waals surface area contributed by atoms with E-state index in [1.54, 1.807) is 6.33 Å². The number of hydrogen-bond donors (Lipinski definition) is 1. The first-order chi connectivity index (χ1) is 7.74. The maximum Gasteiger partial charge on any atom is 0.137 e. The fraction of sp³-hybridized carbons (Fsp3) is 0.667. The van der Waals surface area contributed by atoms with E-state index in [1.807, 2.05) is 0 Å². The molecular formula is C12H22N4. The highest BCUT2D eigenvalue weighted by atomic mass is 15.2. The average molecular weight is 222 g/mol. The van der Waals surface area contributed by atoms with Crippen LogP contribution in [0.4, 0.5) is 11.6 Å². The van der Waals surface area contributed by atoms with E-state index in [9.17, 15) is 0 Å². The van der Waals surface area contributed by atoms with Gasteiger partial charge in [0.1, 0.15) is 18.0 Å². The van der Waals surface area contributed by atoms with Gasteiger partial charge in [0.15, 0.2) is 0 Å². The zero-order valence-corrected chi connectivity index (χ0v) is 10.5. The smallest absolute Gasteiger partial charge is 0.137 e. The lowest BCUT2D eigenvalue weighted by molar-refractivity contribution is 0.727. The number of anilines is 2. The maximum atomic E-state index is 5.88. The average Bonchev–Trinajstić information content (AvgIpc) is 2.28. The monoisotopic (exact) mass is 222 g/mol. The molecule has 0 bridgehead atoms. The van der Waals surface area contributed by atoms with E-state index in [-0.39, 0.29) is 0 Å². The minimum absolute atomic E-state index is 0.615. The Kier molecular flexibility index (Phi) is 5.02. The molecule has 0 spiro atoms. The Morgan fingerprint density at radius 1 is 1.12 bits per heavy atom. The lowest BCUT2D eigenvalue weighted by Crippen LogP contribution is -2.27. The van der Waals surface area contributed by atoms with Crippen LogP contribution in [0.15, 0.2) is 6.33 Å². The van der Waals surface area contributed by atoms with Crippen molar-refractivity contribution in [2.24, 2.45) is 0 Å². The van der Waals surface area contributed by atoms with Gasteiger partial charge in [-0.05, 0) is 19.3 Å². The molecule has 1 aromatic heterocycles. The van der Waals surface area contributed by atoms with Gasteiger partial charge in [0.25, 0.3) is 0 Å². The Morgan fingerprint density at radius 2 is 1.75 bits per heavy atom. The molecule has 0 fully saturated rings. The van der Waals surface area contributed by atoms with Crippen molar-refractivity contribution in [3.8, 4) is 0 Å². The third kappa shape index (κ3) is 2.84. The summed E-state index contributed by atoms with van der Waals surface area (Å²) in [6.45, 7) is 8.50. The number of nitrogens with zero attached hydrogens (tertiary/aromatic N) is 3. The normalized spacial score (nSPS) is 10.4. The van der Waals surface area contributed by atoms with Gasteiger partial charge in [0, 0.05) is 18.7 Å². The molecule has 0 saturated carbocycles. The summed E-state index contributed by atoms with van der Waals surface area (Å²) in [6.07, 6.45) is 4.67. The predicted molar refractivity (Wildman–Crippen MR) is 68.6 cm³/mol. The van der Waals surface area contributed by atoms with Gasteiger partial charge in [0.2, 0.25) is 0 Å². The van der Waals surface area contributed by atoms with Gasteiger partial charge in [0.05, 0.1) is 0 Å². The quantitative estimate of drug-likeness (QED) is 0.802. The molecule has 1 aromatic rings. The fourth-order valence-corrected chi connectivity index (χ4v) is 1.89. The number of hydrogen-bond acceptors (Lipinski definition) is 4. The second-order valence-electron chi connectivity index (χ2n) is 3.90. The Labute approximate surface area is 97.9 Å². The van der Waals surface area contributed by atoms with E-state index in [0.717, 1.165) is 43.7 Å². The van der Waals surface area contributed by atoms with E-state index in [1.165, 1.54) is 0 Å². The minimum atomic E-state index is 0.615. The molecule has 0 aliphatic heterocycles. The molecule has 0 aromatic carbocycles. The molecule has 0 radical (unpaired) electrons. The van der Waals surface area contributed by atoms with Crippen molar-refractivity contribution in [1.82, 2.24) is 9.97 Å². The van der Waals surface area contributed by atoms with Crippen molar-refractivity contribution >= 4 is 11.6 Å². The van der Waals surface area contributed by atoms with Gasteiger partial charge in [-0.1, -0.05) is 20.8 Å². The van der Waals surface area contributed by atoms with E-state index in [2.05, 4.69) is 35.6 Å². The van der Waals surface area contributed by atoms with Gasteiger partial charge in [-0.15, -0.1) is 0 Å². The van der Waals surface area contributed by atoms with Crippen LogP contribution >= 0.6 is 0 Å².